The Morgan fingerprint density at radius 2 is 1.58 bits per heavy atom. The molecule has 0 saturated heterocycles. The molecule has 0 atom stereocenters. The molecule has 19 heavy (non-hydrogen) atoms. The van der Waals surface area contributed by atoms with E-state index in [9.17, 15) is 8.78 Å². The van der Waals surface area contributed by atoms with Crippen LogP contribution >= 0.6 is 15.9 Å². The predicted molar refractivity (Wildman–Crippen MR) is 77.3 cm³/mol. The standard InChI is InChI=1S/C15H14BrF2N/c1-9-6-11(7-10(2)15(9)16)19-8-12-13(17)4-3-5-14(12)18/h3-7,19H,8H2,1-2H3. The molecule has 0 aromatic heterocycles. The van der Waals surface area contributed by atoms with E-state index < -0.39 is 11.6 Å². The van der Waals surface area contributed by atoms with E-state index in [0.29, 0.717) is 0 Å². The van der Waals surface area contributed by atoms with Gasteiger partial charge in [-0.25, -0.2) is 8.78 Å². The zero-order valence-electron chi connectivity index (χ0n) is 10.7. The first-order chi connectivity index (χ1) is 8.99. The van der Waals surface area contributed by atoms with Crippen molar-refractivity contribution in [2.75, 3.05) is 5.32 Å². The molecule has 4 heteroatoms. The summed E-state index contributed by atoms with van der Waals surface area (Å²) in [6.07, 6.45) is 0. The first kappa shape index (κ1) is 14.0. The molecule has 2 rings (SSSR count). The molecule has 1 N–H and O–H groups in total. The second-order valence-electron chi connectivity index (χ2n) is 4.48. The summed E-state index contributed by atoms with van der Waals surface area (Å²) in [6, 6.07) is 7.77. The van der Waals surface area contributed by atoms with E-state index in [4.69, 9.17) is 0 Å². The van der Waals surface area contributed by atoms with E-state index in [-0.39, 0.29) is 12.1 Å². The zero-order valence-corrected chi connectivity index (χ0v) is 12.3. The highest BCUT2D eigenvalue weighted by molar-refractivity contribution is 9.10. The fraction of sp³-hybridized carbons (Fsp3) is 0.200. The van der Waals surface area contributed by atoms with Crippen LogP contribution < -0.4 is 5.32 Å². The van der Waals surface area contributed by atoms with Gasteiger partial charge in [0.2, 0.25) is 0 Å². The molecule has 0 saturated carbocycles. The molecule has 0 spiro atoms. The van der Waals surface area contributed by atoms with Gasteiger partial charge in [-0.1, -0.05) is 22.0 Å². The van der Waals surface area contributed by atoms with E-state index in [1.165, 1.54) is 18.2 Å². The first-order valence-electron chi connectivity index (χ1n) is 5.92. The minimum atomic E-state index is -0.530. The molecular weight excluding hydrogens is 312 g/mol. The lowest BCUT2D eigenvalue weighted by molar-refractivity contribution is 0.560. The molecule has 0 aliphatic carbocycles. The highest BCUT2D eigenvalue weighted by atomic mass is 79.9. The maximum Gasteiger partial charge on any atom is 0.131 e. The van der Waals surface area contributed by atoms with Crippen molar-refractivity contribution in [1.82, 2.24) is 0 Å². The number of hydrogen-bond acceptors (Lipinski definition) is 1. The summed E-state index contributed by atoms with van der Waals surface area (Å²) in [7, 11) is 0. The predicted octanol–water partition coefficient (Wildman–Crippen LogP) is 4.96. The lowest BCUT2D eigenvalue weighted by Crippen LogP contribution is -2.05. The van der Waals surface area contributed by atoms with Crippen molar-refractivity contribution in [3.05, 3.63) is 63.1 Å². The van der Waals surface area contributed by atoms with Gasteiger partial charge in [-0.15, -0.1) is 0 Å². The van der Waals surface area contributed by atoms with Crippen molar-refractivity contribution in [2.24, 2.45) is 0 Å². The van der Waals surface area contributed by atoms with Gasteiger partial charge in [-0.3, -0.25) is 0 Å². The summed E-state index contributed by atoms with van der Waals surface area (Å²) in [6.45, 7) is 4.08. The van der Waals surface area contributed by atoms with Gasteiger partial charge in [0.25, 0.3) is 0 Å². The number of benzene rings is 2. The van der Waals surface area contributed by atoms with E-state index >= 15 is 0 Å². The van der Waals surface area contributed by atoms with Gasteiger partial charge in [0.15, 0.2) is 0 Å². The van der Waals surface area contributed by atoms with Crippen molar-refractivity contribution in [2.45, 2.75) is 20.4 Å². The molecule has 0 aliphatic heterocycles. The monoisotopic (exact) mass is 325 g/mol. The zero-order chi connectivity index (χ0) is 14.0. The topological polar surface area (TPSA) is 12.0 Å². The summed E-state index contributed by atoms with van der Waals surface area (Å²) in [5.41, 5.74) is 3.06. The van der Waals surface area contributed by atoms with Crippen LogP contribution in [0.3, 0.4) is 0 Å². The largest absolute Gasteiger partial charge is 0.381 e. The van der Waals surface area contributed by atoms with Gasteiger partial charge in [-0.2, -0.15) is 0 Å². The third kappa shape index (κ3) is 3.13. The van der Waals surface area contributed by atoms with Crippen LogP contribution in [0, 0.1) is 25.5 Å². The maximum absolute atomic E-state index is 13.5. The van der Waals surface area contributed by atoms with Gasteiger partial charge < -0.3 is 5.32 Å². The van der Waals surface area contributed by atoms with Crippen LogP contribution in [0.4, 0.5) is 14.5 Å². The van der Waals surface area contributed by atoms with Crippen LogP contribution in [0.2, 0.25) is 0 Å². The van der Waals surface area contributed by atoms with E-state index in [1.54, 1.807) is 0 Å². The smallest absolute Gasteiger partial charge is 0.131 e. The number of halogens is 3. The molecule has 0 radical (unpaired) electrons. The number of aryl methyl sites for hydroxylation is 2. The van der Waals surface area contributed by atoms with E-state index in [0.717, 1.165) is 21.3 Å². The summed E-state index contributed by atoms with van der Waals surface area (Å²) in [4.78, 5) is 0. The third-order valence-electron chi connectivity index (χ3n) is 2.97. The van der Waals surface area contributed by atoms with Crippen molar-refractivity contribution in [1.29, 1.82) is 0 Å². The van der Waals surface area contributed by atoms with Crippen LogP contribution in [0.15, 0.2) is 34.8 Å². The molecular formula is C15H14BrF2N. The Bertz CT molecular complexity index is 568. The van der Waals surface area contributed by atoms with Crippen LogP contribution in [0.25, 0.3) is 0 Å². The quantitative estimate of drug-likeness (QED) is 0.841. The van der Waals surface area contributed by atoms with Crippen molar-refractivity contribution < 1.29 is 8.78 Å². The summed E-state index contributed by atoms with van der Waals surface area (Å²) < 4.78 is 28.0. The molecule has 0 bridgehead atoms. The fourth-order valence-corrected chi connectivity index (χ4v) is 2.17. The maximum atomic E-state index is 13.5. The molecule has 0 fully saturated rings. The molecule has 0 amide bonds. The number of rotatable bonds is 3. The lowest BCUT2D eigenvalue weighted by atomic mass is 10.1. The Morgan fingerprint density at radius 1 is 1.05 bits per heavy atom. The summed E-state index contributed by atoms with van der Waals surface area (Å²) in [5, 5.41) is 3.05. The third-order valence-corrected chi connectivity index (χ3v) is 4.22. The van der Waals surface area contributed by atoms with Crippen LogP contribution in [0.1, 0.15) is 16.7 Å². The second kappa shape index (κ2) is 5.70. The van der Waals surface area contributed by atoms with Gasteiger partial charge in [-0.05, 0) is 49.2 Å². The lowest BCUT2D eigenvalue weighted by Gasteiger charge is -2.11. The SMILES string of the molecule is Cc1cc(NCc2c(F)cccc2F)cc(C)c1Br. The van der Waals surface area contributed by atoms with Crippen LogP contribution in [0.5, 0.6) is 0 Å². The minimum Gasteiger partial charge on any atom is -0.381 e. The number of nitrogens with one attached hydrogen (secondary N) is 1. The van der Waals surface area contributed by atoms with Crippen LogP contribution in [-0.2, 0) is 6.54 Å². The van der Waals surface area contributed by atoms with Gasteiger partial charge in [0.05, 0.1) is 0 Å². The Hall–Kier alpha value is -1.42. The Labute approximate surface area is 119 Å². The summed E-state index contributed by atoms with van der Waals surface area (Å²) in [5.74, 6) is -1.06. The fourth-order valence-electron chi connectivity index (χ4n) is 1.94. The van der Waals surface area contributed by atoms with Gasteiger partial charge >= 0.3 is 0 Å². The van der Waals surface area contributed by atoms with E-state index in [1.807, 2.05) is 26.0 Å². The molecule has 0 heterocycles. The van der Waals surface area contributed by atoms with Crippen molar-refractivity contribution in [3.63, 3.8) is 0 Å². The van der Waals surface area contributed by atoms with Crippen molar-refractivity contribution >= 4 is 21.6 Å². The average Bonchev–Trinajstić information content (AvgIpc) is 2.35. The minimum absolute atomic E-state index is 0.0562. The molecule has 2 aromatic carbocycles. The van der Waals surface area contributed by atoms with Gasteiger partial charge in [0, 0.05) is 22.3 Å². The Balaban J connectivity index is 2.19. The van der Waals surface area contributed by atoms with Crippen molar-refractivity contribution in [3.8, 4) is 0 Å². The normalized spacial score (nSPS) is 10.6. The molecule has 100 valence electrons. The average molecular weight is 326 g/mol. The highest BCUT2D eigenvalue weighted by Gasteiger charge is 2.08. The van der Waals surface area contributed by atoms with Crippen LogP contribution in [-0.4, -0.2) is 0 Å². The molecule has 0 unspecified atom stereocenters. The van der Waals surface area contributed by atoms with Gasteiger partial charge in [0.1, 0.15) is 11.6 Å². The Morgan fingerprint density at radius 3 is 2.11 bits per heavy atom. The molecule has 1 nitrogen and oxygen atoms in total. The molecule has 0 aliphatic rings. The number of anilines is 1. The van der Waals surface area contributed by atoms with E-state index in [2.05, 4.69) is 21.2 Å². The molecule has 2 aromatic rings. The number of hydrogen-bond donors (Lipinski definition) is 1. The second-order valence-corrected chi connectivity index (χ2v) is 5.27. The first-order valence-corrected chi connectivity index (χ1v) is 6.72. The summed E-state index contributed by atoms with van der Waals surface area (Å²) >= 11 is 3.48. The Kier molecular flexibility index (Phi) is 4.20. The highest BCUT2D eigenvalue weighted by Crippen LogP contribution is 2.25.